The van der Waals surface area contributed by atoms with Crippen molar-refractivity contribution in [3.63, 3.8) is 0 Å². The Bertz CT molecular complexity index is 958. The van der Waals surface area contributed by atoms with Gasteiger partial charge in [0.2, 0.25) is 5.88 Å². The lowest BCUT2D eigenvalue weighted by Gasteiger charge is -2.16. The molecule has 31 heavy (non-hydrogen) atoms. The number of ether oxygens (including phenoxy) is 4. The van der Waals surface area contributed by atoms with E-state index in [4.69, 9.17) is 18.9 Å². The van der Waals surface area contributed by atoms with E-state index in [-0.39, 0.29) is 18.1 Å². The molecule has 0 aliphatic rings. The summed E-state index contributed by atoms with van der Waals surface area (Å²) in [7, 11) is 2.65. The van der Waals surface area contributed by atoms with Crippen LogP contribution >= 0.6 is 0 Å². The molecule has 0 N–H and O–H groups in total. The van der Waals surface area contributed by atoms with E-state index in [1.165, 1.54) is 14.2 Å². The van der Waals surface area contributed by atoms with Crippen LogP contribution in [0.4, 0.5) is 13.2 Å². The van der Waals surface area contributed by atoms with Gasteiger partial charge in [0, 0.05) is 6.07 Å². The standard InChI is InChI=1S/C21H23F3N2O5/c1-12(2)31-20-25-16(21(22,23)24)10-17(26-20)30-11-14-8-6-7-9-15(14)18(13(3)28-4)19(27)29-5/h6-10,12H,11H2,1-5H3. The summed E-state index contributed by atoms with van der Waals surface area (Å²) in [5, 5.41) is 0. The molecule has 2 rings (SSSR count). The molecule has 1 aromatic carbocycles. The fourth-order valence-electron chi connectivity index (χ4n) is 2.58. The Balaban J connectivity index is 2.41. The lowest BCUT2D eigenvalue weighted by Crippen LogP contribution is -2.15. The van der Waals surface area contributed by atoms with Gasteiger partial charge in [0.25, 0.3) is 0 Å². The van der Waals surface area contributed by atoms with E-state index in [9.17, 15) is 18.0 Å². The molecular weight excluding hydrogens is 417 g/mol. The van der Waals surface area contributed by atoms with E-state index in [0.717, 1.165) is 0 Å². The maximum atomic E-state index is 13.2. The van der Waals surface area contributed by atoms with Crippen molar-refractivity contribution in [1.29, 1.82) is 0 Å². The summed E-state index contributed by atoms with van der Waals surface area (Å²) in [6.07, 6.45) is -5.13. The van der Waals surface area contributed by atoms with Gasteiger partial charge in [-0.2, -0.15) is 23.1 Å². The number of halogens is 3. The van der Waals surface area contributed by atoms with Gasteiger partial charge in [0.15, 0.2) is 5.69 Å². The van der Waals surface area contributed by atoms with E-state index in [1.54, 1.807) is 45.0 Å². The average molecular weight is 440 g/mol. The molecule has 0 spiro atoms. The second-order valence-corrected chi connectivity index (χ2v) is 6.61. The van der Waals surface area contributed by atoms with Gasteiger partial charge in [-0.15, -0.1) is 0 Å². The number of methoxy groups -OCH3 is 2. The number of benzene rings is 1. The highest BCUT2D eigenvalue weighted by Gasteiger charge is 2.34. The first-order valence-corrected chi connectivity index (χ1v) is 9.24. The van der Waals surface area contributed by atoms with Crippen LogP contribution in [-0.4, -0.2) is 36.3 Å². The molecule has 2 aromatic rings. The first-order chi connectivity index (χ1) is 14.6. The molecule has 7 nitrogen and oxygen atoms in total. The van der Waals surface area contributed by atoms with Crippen LogP contribution in [0.1, 0.15) is 37.6 Å². The fraction of sp³-hybridized carbons (Fsp3) is 0.381. The number of carbonyl (C=O) groups is 1. The summed E-state index contributed by atoms with van der Waals surface area (Å²) in [5.74, 6) is -0.631. The van der Waals surface area contributed by atoms with Crippen molar-refractivity contribution in [3.8, 4) is 11.9 Å². The Labute approximate surface area is 177 Å². The minimum absolute atomic E-state index is 0.173. The topological polar surface area (TPSA) is 79.8 Å². The summed E-state index contributed by atoms with van der Waals surface area (Å²) in [6, 6.07) is 6.96. The lowest BCUT2D eigenvalue weighted by atomic mass is 9.99. The van der Waals surface area contributed by atoms with Crippen molar-refractivity contribution < 1.29 is 36.9 Å². The highest BCUT2D eigenvalue weighted by atomic mass is 19.4. The third kappa shape index (κ3) is 6.34. The van der Waals surface area contributed by atoms with E-state index < -0.39 is 30.0 Å². The molecule has 10 heteroatoms. The first kappa shape index (κ1) is 24.0. The SMILES string of the molecule is COC(=O)C(=C(C)OC)c1ccccc1COc1cc(C(F)(F)F)nc(OC(C)C)n1. The first-order valence-electron chi connectivity index (χ1n) is 9.24. The monoisotopic (exact) mass is 440 g/mol. The van der Waals surface area contributed by atoms with Crippen molar-refractivity contribution >= 4 is 11.5 Å². The second-order valence-electron chi connectivity index (χ2n) is 6.61. The van der Waals surface area contributed by atoms with Crippen LogP contribution in [0.15, 0.2) is 36.1 Å². The van der Waals surface area contributed by atoms with Gasteiger partial charge >= 0.3 is 18.2 Å². The quantitative estimate of drug-likeness (QED) is 0.342. The lowest BCUT2D eigenvalue weighted by molar-refractivity contribution is -0.141. The number of hydrogen-bond acceptors (Lipinski definition) is 7. The molecule has 0 aliphatic carbocycles. The van der Waals surface area contributed by atoms with Gasteiger partial charge in [-0.05, 0) is 31.9 Å². The molecule has 0 atom stereocenters. The van der Waals surface area contributed by atoms with E-state index in [1.807, 2.05) is 0 Å². The zero-order valence-electron chi connectivity index (χ0n) is 17.7. The molecule has 0 saturated carbocycles. The molecule has 0 amide bonds. The summed E-state index contributed by atoms with van der Waals surface area (Å²) < 4.78 is 60.4. The van der Waals surface area contributed by atoms with Crippen molar-refractivity contribution in [1.82, 2.24) is 9.97 Å². The molecule has 0 saturated heterocycles. The second kappa shape index (κ2) is 10.1. The minimum atomic E-state index is -4.70. The minimum Gasteiger partial charge on any atom is -0.500 e. The average Bonchev–Trinajstić information content (AvgIpc) is 2.71. The maximum absolute atomic E-state index is 13.2. The number of allylic oxidation sites excluding steroid dienone is 1. The van der Waals surface area contributed by atoms with Gasteiger partial charge in [-0.25, -0.2) is 4.79 Å². The van der Waals surface area contributed by atoms with Crippen molar-refractivity contribution in [2.75, 3.05) is 14.2 Å². The zero-order valence-corrected chi connectivity index (χ0v) is 17.7. The Kier molecular flexibility index (Phi) is 7.84. The number of rotatable bonds is 8. The van der Waals surface area contributed by atoms with Gasteiger partial charge in [0.1, 0.15) is 17.9 Å². The molecular formula is C21H23F3N2O5. The predicted molar refractivity (Wildman–Crippen MR) is 105 cm³/mol. The van der Waals surface area contributed by atoms with Gasteiger partial charge < -0.3 is 18.9 Å². The van der Waals surface area contributed by atoms with E-state index in [2.05, 4.69) is 9.97 Å². The summed E-state index contributed by atoms with van der Waals surface area (Å²) >= 11 is 0. The van der Waals surface area contributed by atoms with Crippen molar-refractivity contribution in [3.05, 3.63) is 52.9 Å². The third-order valence-corrected chi connectivity index (χ3v) is 4.02. The molecule has 0 bridgehead atoms. The highest BCUT2D eigenvalue weighted by Crippen LogP contribution is 2.31. The number of esters is 1. The Morgan fingerprint density at radius 2 is 1.77 bits per heavy atom. The summed E-state index contributed by atoms with van der Waals surface area (Å²) in [4.78, 5) is 19.6. The van der Waals surface area contributed by atoms with Crippen LogP contribution in [0.3, 0.4) is 0 Å². The third-order valence-electron chi connectivity index (χ3n) is 4.02. The van der Waals surface area contributed by atoms with Crippen LogP contribution in [0.25, 0.3) is 5.57 Å². The van der Waals surface area contributed by atoms with Crippen LogP contribution in [0.2, 0.25) is 0 Å². The van der Waals surface area contributed by atoms with Gasteiger partial charge in [-0.3, -0.25) is 0 Å². The molecule has 0 radical (unpaired) electrons. The largest absolute Gasteiger partial charge is 0.500 e. The number of carbonyl (C=O) groups excluding carboxylic acids is 1. The molecule has 0 aliphatic heterocycles. The molecule has 1 heterocycles. The van der Waals surface area contributed by atoms with Gasteiger partial charge in [0.05, 0.1) is 20.3 Å². The van der Waals surface area contributed by atoms with Crippen LogP contribution in [-0.2, 0) is 27.1 Å². The molecule has 168 valence electrons. The van der Waals surface area contributed by atoms with Crippen molar-refractivity contribution in [2.45, 2.75) is 39.7 Å². The summed E-state index contributed by atoms with van der Waals surface area (Å²) in [6.45, 7) is 4.70. The fourth-order valence-corrected chi connectivity index (χ4v) is 2.58. The molecule has 0 unspecified atom stereocenters. The highest BCUT2D eigenvalue weighted by molar-refractivity contribution is 6.17. The maximum Gasteiger partial charge on any atom is 0.433 e. The van der Waals surface area contributed by atoms with Crippen LogP contribution < -0.4 is 9.47 Å². The normalized spacial score (nSPS) is 12.3. The number of hydrogen-bond donors (Lipinski definition) is 0. The number of nitrogens with zero attached hydrogens (tertiary/aromatic N) is 2. The zero-order chi connectivity index (χ0) is 23.2. The Hall–Kier alpha value is -3.30. The van der Waals surface area contributed by atoms with Crippen molar-refractivity contribution in [2.24, 2.45) is 0 Å². The van der Waals surface area contributed by atoms with Gasteiger partial charge in [-0.1, -0.05) is 24.3 Å². The van der Waals surface area contributed by atoms with Crippen LogP contribution in [0, 0.1) is 0 Å². The summed E-state index contributed by atoms with van der Waals surface area (Å²) in [5.41, 5.74) is -0.0474. The smallest absolute Gasteiger partial charge is 0.433 e. The number of alkyl halides is 3. The predicted octanol–water partition coefficient (Wildman–Crippen LogP) is 4.41. The Morgan fingerprint density at radius 3 is 2.35 bits per heavy atom. The van der Waals surface area contributed by atoms with Crippen LogP contribution in [0.5, 0.6) is 11.9 Å². The number of aromatic nitrogens is 2. The van der Waals surface area contributed by atoms with E-state index >= 15 is 0 Å². The molecule has 1 aromatic heterocycles. The van der Waals surface area contributed by atoms with E-state index in [0.29, 0.717) is 23.0 Å². The Morgan fingerprint density at radius 1 is 1.10 bits per heavy atom. The molecule has 0 fully saturated rings.